The zero-order valence-corrected chi connectivity index (χ0v) is 13.5. The Balaban J connectivity index is 2.06. The smallest absolute Gasteiger partial charge is 0.224 e. The summed E-state index contributed by atoms with van der Waals surface area (Å²) in [5.74, 6) is 0.331. The van der Waals surface area contributed by atoms with Crippen molar-refractivity contribution in [3.63, 3.8) is 0 Å². The molecule has 116 valence electrons. The molecule has 0 radical (unpaired) electrons. The molecule has 1 heterocycles. The van der Waals surface area contributed by atoms with E-state index in [-0.39, 0.29) is 23.3 Å². The van der Waals surface area contributed by atoms with Crippen LogP contribution in [0.1, 0.15) is 45.6 Å². The summed E-state index contributed by atoms with van der Waals surface area (Å²) < 4.78 is 0. The van der Waals surface area contributed by atoms with Crippen LogP contribution in [0.5, 0.6) is 0 Å². The van der Waals surface area contributed by atoms with E-state index in [1.807, 2.05) is 6.07 Å². The average Bonchev–Trinajstić information content (AvgIpc) is 2.53. The number of hydrogen-bond acceptors (Lipinski definition) is 2. The molecule has 1 aliphatic heterocycles. The SMILES string of the molecule is CCC(NC(=O)C1CCCNC1)C(C)(C)c1ccccc1. The first-order valence-corrected chi connectivity index (χ1v) is 8.12. The summed E-state index contributed by atoms with van der Waals surface area (Å²) in [6.07, 6.45) is 3.03. The van der Waals surface area contributed by atoms with Crippen LogP contribution >= 0.6 is 0 Å². The zero-order chi connectivity index (χ0) is 15.3. The highest BCUT2D eigenvalue weighted by Crippen LogP contribution is 2.29. The first kappa shape index (κ1) is 16.0. The molecule has 0 saturated carbocycles. The van der Waals surface area contributed by atoms with Crippen molar-refractivity contribution in [1.29, 1.82) is 0 Å². The summed E-state index contributed by atoms with van der Waals surface area (Å²) in [5, 5.41) is 6.61. The van der Waals surface area contributed by atoms with E-state index in [0.717, 1.165) is 32.4 Å². The van der Waals surface area contributed by atoms with Crippen molar-refractivity contribution >= 4 is 5.91 Å². The molecule has 3 heteroatoms. The predicted molar refractivity (Wildman–Crippen MR) is 87.3 cm³/mol. The average molecular weight is 288 g/mol. The fourth-order valence-electron chi connectivity index (χ4n) is 3.23. The molecule has 21 heavy (non-hydrogen) atoms. The minimum atomic E-state index is -0.0617. The van der Waals surface area contributed by atoms with Crippen LogP contribution in [0.25, 0.3) is 0 Å². The maximum absolute atomic E-state index is 12.5. The van der Waals surface area contributed by atoms with Gasteiger partial charge in [-0.15, -0.1) is 0 Å². The molecule has 0 aliphatic carbocycles. The lowest BCUT2D eigenvalue weighted by atomic mass is 9.76. The molecular weight excluding hydrogens is 260 g/mol. The van der Waals surface area contributed by atoms with E-state index < -0.39 is 0 Å². The van der Waals surface area contributed by atoms with Gasteiger partial charge in [0, 0.05) is 18.0 Å². The highest BCUT2D eigenvalue weighted by atomic mass is 16.2. The van der Waals surface area contributed by atoms with Gasteiger partial charge in [0.1, 0.15) is 0 Å². The van der Waals surface area contributed by atoms with Gasteiger partial charge in [-0.05, 0) is 31.4 Å². The monoisotopic (exact) mass is 288 g/mol. The first-order chi connectivity index (χ1) is 10.1. The van der Waals surface area contributed by atoms with Crippen LogP contribution < -0.4 is 10.6 Å². The Morgan fingerprint density at radius 2 is 2.10 bits per heavy atom. The van der Waals surface area contributed by atoms with E-state index in [1.165, 1.54) is 5.56 Å². The highest BCUT2D eigenvalue weighted by Gasteiger charge is 2.33. The van der Waals surface area contributed by atoms with E-state index >= 15 is 0 Å². The van der Waals surface area contributed by atoms with Gasteiger partial charge in [0.25, 0.3) is 0 Å². The number of amides is 1. The minimum Gasteiger partial charge on any atom is -0.352 e. The molecule has 2 rings (SSSR count). The zero-order valence-electron chi connectivity index (χ0n) is 13.5. The normalized spacial score (nSPS) is 20.8. The minimum absolute atomic E-state index is 0.0617. The summed E-state index contributed by atoms with van der Waals surface area (Å²) in [6.45, 7) is 8.44. The van der Waals surface area contributed by atoms with Gasteiger partial charge < -0.3 is 10.6 Å². The Labute approximate surface area is 128 Å². The number of piperidine rings is 1. The van der Waals surface area contributed by atoms with Crippen molar-refractivity contribution in [1.82, 2.24) is 10.6 Å². The van der Waals surface area contributed by atoms with Gasteiger partial charge in [-0.1, -0.05) is 51.1 Å². The Morgan fingerprint density at radius 1 is 1.38 bits per heavy atom. The van der Waals surface area contributed by atoms with E-state index in [0.29, 0.717) is 0 Å². The molecule has 0 bridgehead atoms. The molecule has 1 fully saturated rings. The van der Waals surface area contributed by atoms with Crippen molar-refractivity contribution in [2.75, 3.05) is 13.1 Å². The number of rotatable bonds is 5. The van der Waals surface area contributed by atoms with Crippen LogP contribution in [0.3, 0.4) is 0 Å². The van der Waals surface area contributed by atoms with Crippen LogP contribution in [0.15, 0.2) is 30.3 Å². The molecule has 0 spiro atoms. The third kappa shape index (κ3) is 3.85. The Kier molecular flexibility index (Phi) is 5.40. The van der Waals surface area contributed by atoms with Crippen molar-refractivity contribution in [2.45, 2.75) is 51.5 Å². The molecule has 0 aromatic heterocycles. The van der Waals surface area contributed by atoms with E-state index in [1.54, 1.807) is 0 Å². The molecule has 1 amide bonds. The maximum atomic E-state index is 12.5. The molecule has 3 nitrogen and oxygen atoms in total. The van der Waals surface area contributed by atoms with E-state index in [9.17, 15) is 4.79 Å². The first-order valence-electron chi connectivity index (χ1n) is 8.12. The maximum Gasteiger partial charge on any atom is 0.224 e. The predicted octanol–water partition coefficient (Wildman–Crippen LogP) is 2.86. The quantitative estimate of drug-likeness (QED) is 0.875. The molecule has 1 saturated heterocycles. The molecule has 2 atom stereocenters. The Morgan fingerprint density at radius 3 is 2.67 bits per heavy atom. The van der Waals surface area contributed by atoms with Gasteiger partial charge in [-0.3, -0.25) is 4.79 Å². The molecule has 2 N–H and O–H groups in total. The Bertz CT molecular complexity index is 450. The van der Waals surface area contributed by atoms with Crippen LogP contribution in [-0.2, 0) is 10.2 Å². The molecule has 1 aliphatic rings. The largest absolute Gasteiger partial charge is 0.352 e. The summed E-state index contributed by atoms with van der Waals surface area (Å²) in [7, 11) is 0. The number of benzene rings is 1. The van der Waals surface area contributed by atoms with Gasteiger partial charge in [0.15, 0.2) is 0 Å². The van der Waals surface area contributed by atoms with E-state index in [4.69, 9.17) is 0 Å². The molecule has 2 unspecified atom stereocenters. The van der Waals surface area contributed by atoms with E-state index in [2.05, 4.69) is 55.7 Å². The third-order valence-corrected chi connectivity index (χ3v) is 4.78. The number of hydrogen-bond donors (Lipinski definition) is 2. The highest BCUT2D eigenvalue weighted by molar-refractivity contribution is 5.79. The van der Waals surface area contributed by atoms with Gasteiger partial charge in [0.2, 0.25) is 5.91 Å². The van der Waals surface area contributed by atoms with Crippen LogP contribution in [0.2, 0.25) is 0 Å². The van der Waals surface area contributed by atoms with Crippen molar-refractivity contribution in [3.8, 4) is 0 Å². The summed E-state index contributed by atoms with van der Waals surface area (Å²) in [4.78, 5) is 12.5. The molecule has 1 aromatic carbocycles. The molecular formula is C18H28N2O. The summed E-state index contributed by atoms with van der Waals surface area (Å²) in [5.41, 5.74) is 1.22. The second-order valence-electron chi connectivity index (χ2n) is 6.60. The fourth-order valence-corrected chi connectivity index (χ4v) is 3.23. The standard InChI is InChI=1S/C18H28N2O/c1-4-16(18(2,3)15-10-6-5-7-11-15)20-17(21)14-9-8-12-19-13-14/h5-7,10-11,14,16,19H,4,8-9,12-13H2,1-3H3,(H,20,21). The lowest BCUT2D eigenvalue weighted by Gasteiger charge is -2.36. The summed E-state index contributed by atoms with van der Waals surface area (Å²) >= 11 is 0. The van der Waals surface area contributed by atoms with Crippen molar-refractivity contribution in [2.24, 2.45) is 5.92 Å². The van der Waals surface area contributed by atoms with Crippen molar-refractivity contribution < 1.29 is 4.79 Å². The Hall–Kier alpha value is -1.35. The van der Waals surface area contributed by atoms with Crippen LogP contribution in [0, 0.1) is 5.92 Å². The second kappa shape index (κ2) is 7.08. The summed E-state index contributed by atoms with van der Waals surface area (Å²) in [6, 6.07) is 10.6. The lowest BCUT2D eigenvalue weighted by molar-refractivity contribution is -0.126. The van der Waals surface area contributed by atoms with Crippen molar-refractivity contribution in [3.05, 3.63) is 35.9 Å². The molecule has 1 aromatic rings. The number of carbonyl (C=O) groups excluding carboxylic acids is 1. The van der Waals surface area contributed by atoms with Gasteiger partial charge in [-0.25, -0.2) is 0 Å². The second-order valence-corrected chi connectivity index (χ2v) is 6.60. The van der Waals surface area contributed by atoms with Gasteiger partial charge >= 0.3 is 0 Å². The van der Waals surface area contributed by atoms with Gasteiger partial charge in [-0.2, -0.15) is 0 Å². The number of carbonyl (C=O) groups is 1. The topological polar surface area (TPSA) is 41.1 Å². The fraction of sp³-hybridized carbons (Fsp3) is 0.611. The number of nitrogens with one attached hydrogen (secondary N) is 2. The third-order valence-electron chi connectivity index (χ3n) is 4.78. The lowest BCUT2D eigenvalue weighted by Crippen LogP contribution is -2.51. The van der Waals surface area contributed by atoms with Crippen LogP contribution in [0.4, 0.5) is 0 Å². The van der Waals surface area contributed by atoms with Crippen LogP contribution in [-0.4, -0.2) is 25.0 Å². The van der Waals surface area contributed by atoms with Gasteiger partial charge in [0.05, 0.1) is 5.92 Å².